The highest BCUT2D eigenvalue weighted by Crippen LogP contribution is 2.32. The largest absolute Gasteiger partial charge is 0.496 e. The van der Waals surface area contributed by atoms with Crippen molar-refractivity contribution in [1.29, 1.82) is 5.26 Å². The second-order valence-electron chi connectivity index (χ2n) is 8.31. The van der Waals surface area contributed by atoms with Crippen LogP contribution in [0.15, 0.2) is 24.3 Å². The molecule has 0 spiro atoms. The number of aromatic nitrogens is 2. The van der Waals surface area contributed by atoms with Crippen LogP contribution in [-0.2, 0) is 12.8 Å². The van der Waals surface area contributed by atoms with Crippen molar-refractivity contribution in [2.75, 3.05) is 46.2 Å². The maximum atomic E-state index is 13.1. The standard InChI is InChI=1S/C24H28N6O2/c1-15-14-29(3)9-10-30(15)24(31)17-6-5-16(20(11-17)32-4)12-21-27-19-8-7-18(13-25)22(19)23(26-2)28-21/h5-7,11,15H,8-10,12,14H2,1-4H3,(H,26,27,28)/t15-/m1/s1. The lowest BCUT2D eigenvalue weighted by molar-refractivity contribution is 0.0533. The highest BCUT2D eigenvalue weighted by molar-refractivity contribution is 5.95. The summed E-state index contributed by atoms with van der Waals surface area (Å²) in [6, 6.07) is 7.96. The number of piperazine rings is 1. The number of amides is 1. The molecule has 4 rings (SSSR count). The van der Waals surface area contributed by atoms with Gasteiger partial charge in [0.2, 0.25) is 0 Å². The molecule has 1 saturated heterocycles. The third-order valence-electron chi connectivity index (χ3n) is 6.13. The average Bonchev–Trinajstić information content (AvgIpc) is 3.21. The summed E-state index contributed by atoms with van der Waals surface area (Å²) in [6.07, 6.45) is 2.97. The second kappa shape index (κ2) is 8.97. The molecular weight excluding hydrogens is 404 g/mol. The Balaban J connectivity index is 1.58. The molecule has 1 aromatic carbocycles. The van der Waals surface area contributed by atoms with Gasteiger partial charge in [-0.3, -0.25) is 4.79 Å². The topological polar surface area (TPSA) is 94.4 Å². The molecule has 1 aliphatic heterocycles. The monoisotopic (exact) mass is 432 g/mol. The second-order valence-corrected chi connectivity index (χ2v) is 8.31. The smallest absolute Gasteiger partial charge is 0.254 e. The number of allylic oxidation sites excluding steroid dienone is 2. The summed E-state index contributed by atoms with van der Waals surface area (Å²) in [4.78, 5) is 26.6. The van der Waals surface area contributed by atoms with E-state index in [1.54, 1.807) is 14.2 Å². The molecule has 1 fully saturated rings. The van der Waals surface area contributed by atoms with E-state index in [4.69, 9.17) is 4.74 Å². The van der Waals surface area contributed by atoms with Gasteiger partial charge in [0, 0.05) is 56.7 Å². The highest BCUT2D eigenvalue weighted by atomic mass is 16.5. The van der Waals surface area contributed by atoms with E-state index in [9.17, 15) is 10.1 Å². The van der Waals surface area contributed by atoms with E-state index >= 15 is 0 Å². The molecule has 0 bridgehead atoms. The molecule has 1 amide bonds. The number of nitrogens with zero attached hydrogens (tertiary/aromatic N) is 5. The van der Waals surface area contributed by atoms with Crippen LogP contribution < -0.4 is 10.1 Å². The zero-order valence-electron chi connectivity index (χ0n) is 19.0. The Bertz CT molecular complexity index is 1120. The molecule has 166 valence electrons. The summed E-state index contributed by atoms with van der Waals surface area (Å²) in [7, 11) is 5.48. The molecular formula is C24H28N6O2. The van der Waals surface area contributed by atoms with Crippen molar-refractivity contribution < 1.29 is 9.53 Å². The Hall–Kier alpha value is -3.44. The van der Waals surface area contributed by atoms with E-state index in [-0.39, 0.29) is 11.9 Å². The fourth-order valence-corrected chi connectivity index (χ4v) is 4.45. The molecule has 32 heavy (non-hydrogen) atoms. The minimum Gasteiger partial charge on any atom is -0.496 e. The molecule has 2 heterocycles. The number of rotatable bonds is 5. The van der Waals surface area contributed by atoms with Gasteiger partial charge in [-0.25, -0.2) is 9.97 Å². The Kier molecular flexibility index (Phi) is 6.10. The molecule has 2 aliphatic rings. The molecule has 8 nitrogen and oxygen atoms in total. The summed E-state index contributed by atoms with van der Waals surface area (Å²) in [5, 5.41) is 12.4. The van der Waals surface area contributed by atoms with E-state index < -0.39 is 0 Å². The van der Waals surface area contributed by atoms with Gasteiger partial charge in [-0.05, 0) is 26.1 Å². The Morgan fingerprint density at radius 1 is 1.34 bits per heavy atom. The summed E-state index contributed by atoms with van der Waals surface area (Å²) in [5.41, 5.74) is 3.77. The first-order valence-corrected chi connectivity index (χ1v) is 10.8. The van der Waals surface area contributed by atoms with Crippen LogP contribution in [0.5, 0.6) is 5.75 Å². The number of benzene rings is 1. The van der Waals surface area contributed by atoms with Gasteiger partial charge in [-0.2, -0.15) is 5.26 Å². The number of hydrogen-bond acceptors (Lipinski definition) is 7. The van der Waals surface area contributed by atoms with E-state index in [0.29, 0.717) is 41.4 Å². The highest BCUT2D eigenvalue weighted by Gasteiger charge is 2.27. The van der Waals surface area contributed by atoms with E-state index in [1.807, 2.05) is 29.2 Å². The van der Waals surface area contributed by atoms with Gasteiger partial charge in [-0.1, -0.05) is 12.1 Å². The van der Waals surface area contributed by atoms with Gasteiger partial charge in [0.1, 0.15) is 17.4 Å². The first-order valence-electron chi connectivity index (χ1n) is 10.8. The number of ether oxygens (including phenoxy) is 1. The van der Waals surface area contributed by atoms with Gasteiger partial charge >= 0.3 is 0 Å². The van der Waals surface area contributed by atoms with Gasteiger partial charge < -0.3 is 19.9 Å². The van der Waals surface area contributed by atoms with Crippen molar-refractivity contribution in [2.24, 2.45) is 0 Å². The van der Waals surface area contributed by atoms with Gasteiger partial charge in [0.15, 0.2) is 0 Å². The minimum atomic E-state index is 0.0248. The van der Waals surface area contributed by atoms with Crippen LogP contribution in [0.2, 0.25) is 0 Å². The number of carbonyl (C=O) groups excluding carboxylic acids is 1. The van der Waals surface area contributed by atoms with Crippen molar-refractivity contribution in [3.63, 3.8) is 0 Å². The maximum absolute atomic E-state index is 13.1. The number of carbonyl (C=O) groups is 1. The lowest BCUT2D eigenvalue weighted by atomic mass is 10.0. The molecule has 1 N–H and O–H groups in total. The summed E-state index contributed by atoms with van der Waals surface area (Å²) >= 11 is 0. The molecule has 1 aromatic heterocycles. The maximum Gasteiger partial charge on any atom is 0.254 e. The fourth-order valence-electron chi connectivity index (χ4n) is 4.45. The van der Waals surface area contributed by atoms with Crippen LogP contribution in [0, 0.1) is 11.3 Å². The third kappa shape index (κ3) is 4.04. The molecule has 2 aromatic rings. The molecule has 0 radical (unpaired) electrons. The van der Waals surface area contributed by atoms with Gasteiger partial charge in [-0.15, -0.1) is 0 Å². The first kappa shape index (κ1) is 21.8. The number of hydrogen-bond donors (Lipinski definition) is 1. The number of fused-ring (bicyclic) bond motifs is 1. The Labute approximate surface area is 188 Å². The average molecular weight is 433 g/mol. The van der Waals surface area contributed by atoms with Crippen molar-refractivity contribution in [3.8, 4) is 11.8 Å². The molecule has 0 saturated carbocycles. The Morgan fingerprint density at radius 2 is 2.16 bits per heavy atom. The zero-order valence-corrected chi connectivity index (χ0v) is 19.0. The predicted octanol–water partition coefficient (Wildman–Crippen LogP) is 2.36. The predicted molar refractivity (Wildman–Crippen MR) is 123 cm³/mol. The van der Waals surface area contributed by atoms with Crippen LogP contribution in [0.1, 0.15) is 39.9 Å². The number of nitrogens with one attached hydrogen (secondary N) is 1. The third-order valence-corrected chi connectivity index (χ3v) is 6.13. The first-order chi connectivity index (χ1) is 15.4. The molecule has 8 heteroatoms. The fraction of sp³-hybridized carbons (Fsp3) is 0.417. The van der Waals surface area contributed by atoms with Crippen molar-refractivity contribution in [1.82, 2.24) is 19.8 Å². The lowest BCUT2D eigenvalue weighted by Crippen LogP contribution is -2.52. The van der Waals surface area contributed by atoms with Gasteiger partial charge in [0.05, 0.1) is 30.0 Å². The number of nitriles is 1. The summed E-state index contributed by atoms with van der Waals surface area (Å²) in [5.74, 6) is 1.97. The van der Waals surface area contributed by atoms with Crippen molar-refractivity contribution >= 4 is 17.3 Å². The lowest BCUT2D eigenvalue weighted by Gasteiger charge is -2.38. The molecule has 1 aliphatic carbocycles. The Morgan fingerprint density at radius 3 is 2.84 bits per heavy atom. The number of methoxy groups -OCH3 is 1. The normalized spacial score (nSPS) is 18.0. The SMILES string of the molecule is CNc1nc(Cc2ccc(C(=O)N3CCN(C)C[C@H]3C)cc2OC)nc2c1C(C#N)=CC2. The van der Waals surface area contributed by atoms with Crippen LogP contribution in [0.4, 0.5) is 5.82 Å². The van der Waals surface area contributed by atoms with Crippen LogP contribution >= 0.6 is 0 Å². The molecule has 0 unspecified atom stereocenters. The van der Waals surface area contributed by atoms with Crippen LogP contribution in [-0.4, -0.2) is 72.6 Å². The molecule has 1 atom stereocenters. The van der Waals surface area contributed by atoms with Crippen molar-refractivity contribution in [3.05, 3.63) is 52.5 Å². The number of anilines is 1. The quantitative estimate of drug-likeness (QED) is 0.775. The zero-order chi connectivity index (χ0) is 22.8. The summed E-state index contributed by atoms with van der Waals surface area (Å²) in [6.45, 7) is 4.54. The van der Waals surface area contributed by atoms with E-state index in [1.165, 1.54) is 0 Å². The van der Waals surface area contributed by atoms with E-state index in [2.05, 4.69) is 40.2 Å². The van der Waals surface area contributed by atoms with Crippen molar-refractivity contribution in [2.45, 2.75) is 25.8 Å². The summed E-state index contributed by atoms with van der Waals surface area (Å²) < 4.78 is 5.62. The van der Waals surface area contributed by atoms with Gasteiger partial charge in [0.25, 0.3) is 5.91 Å². The van der Waals surface area contributed by atoms with Crippen LogP contribution in [0.3, 0.4) is 0 Å². The van der Waals surface area contributed by atoms with E-state index in [0.717, 1.165) is 36.5 Å². The number of likely N-dealkylation sites (N-methyl/N-ethyl adjacent to an activating group) is 1. The van der Waals surface area contributed by atoms with Crippen LogP contribution in [0.25, 0.3) is 5.57 Å². The minimum absolute atomic E-state index is 0.0248.